The molecule has 0 spiro atoms. The highest BCUT2D eigenvalue weighted by Gasteiger charge is 2.19. The van der Waals surface area contributed by atoms with Crippen LogP contribution in [0.3, 0.4) is 0 Å². The second-order valence-corrected chi connectivity index (χ2v) is 6.24. The zero-order valence-corrected chi connectivity index (χ0v) is 14.1. The highest BCUT2D eigenvalue weighted by Crippen LogP contribution is 2.33. The Bertz CT molecular complexity index is 687. The normalized spacial score (nSPS) is 10.2. The van der Waals surface area contributed by atoms with E-state index in [0.717, 1.165) is 5.56 Å². The number of esters is 1. The third-order valence-electron chi connectivity index (χ3n) is 2.69. The number of halogens is 2. The van der Waals surface area contributed by atoms with Crippen LogP contribution in [-0.4, -0.2) is 19.0 Å². The smallest absolute Gasteiger partial charge is 0.350 e. The van der Waals surface area contributed by atoms with Gasteiger partial charge in [-0.3, -0.25) is 4.79 Å². The first-order valence-corrected chi connectivity index (χ1v) is 7.96. The van der Waals surface area contributed by atoms with Crippen LogP contribution >= 0.6 is 38.9 Å². The molecule has 0 aliphatic heterocycles. The summed E-state index contributed by atoms with van der Waals surface area (Å²) in [5.74, 6) is -0.744. The van der Waals surface area contributed by atoms with Gasteiger partial charge in [-0.2, -0.15) is 0 Å². The van der Waals surface area contributed by atoms with E-state index >= 15 is 0 Å². The van der Waals surface area contributed by atoms with E-state index in [1.54, 1.807) is 23.6 Å². The molecule has 0 radical (unpaired) electrons. The minimum absolute atomic E-state index is 0.128. The number of rotatable bonds is 4. The number of carbonyl (C=O) groups is 2. The molecule has 1 amide bonds. The van der Waals surface area contributed by atoms with Crippen molar-refractivity contribution in [1.29, 1.82) is 0 Å². The summed E-state index contributed by atoms with van der Waals surface area (Å²) >= 11 is 10.5. The largest absolute Gasteiger partial charge is 0.465 e. The molecular formula is C14H11BrClNO3S. The Balaban J connectivity index is 2.15. The molecule has 7 heteroatoms. The topological polar surface area (TPSA) is 55.4 Å². The summed E-state index contributed by atoms with van der Waals surface area (Å²) in [6, 6.07) is 7.12. The Morgan fingerprint density at radius 1 is 1.38 bits per heavy atom. The van der Waals surface area contributed by atoms with Crippen LogP contribution in [0, 0.1) is 0 Å². The maximum Gasteiger partial charge on any atom is 0.350 e. The fourth-order valence-electron chi connectivity index (χ4n) is 1.69. The minimum Gasteiger partial charge on any atom is -0.465 e. The SMILES string of the molecule is COC(=O)c1scc(Br)c1NC(=O)Cc1ccccc1Cl. The molecular weight excluding hydrogens is 378 g/mol. The lowest BCUT2D eigenvalue weighted by Crippen LogP contribution is -2.16. The zero-order chi connectivity index (χ0) is 15.4. The quantitative estimate of drug-likeness (QED) is 0.801. The lowest BCUT2D eigenvalue weighted by atomic mass is 10.1. The zero-order valence-electron chi connectivity index (χ0n) is 11.0. The van der Waals surface area contributed by atoms with Gasteiger partial charge >= 0.3 is 5.97 Å². The molecule has 4 nitrogen and oxygen atoms in total. The molecule has 2 rings (SSSR count). The Kier molecular flexibility index (Phi) is 5.39. The number of hydrogen-bond donors (Lipinski definition) is 1. The van der Waals surface area contributed by atoms with Gasteiger partial charge in [-0.25, -0.2) is 4.79 Å². The van der Waals surface area contributed by atoms with Crippen molar-refractivity contribution in [1.82, 2.24) is 0 Å². The summed E-state index contributed by atoms with van der Waals surface area (Å²) in [6.45, 7) is 0. The van der Waals surface area contributed by atoms with Crippen LogP contribution in [-0.2, 0) is 16.0 Å². The second kappa shape index (κ2) is 7.06. The standard InChI is InChI=1S/C14H11BrClNO3S/c1-20-14(19)13-12(9(15)7-21-13)17-11(18)6-8-4-2-3-5-10(8)16/h2-5,7H,6H2,1H3,(H,17,18). The summed E-state index contributed by atoms with van der Waals surface area (Å²) in [5.41, 5.74) is 1.14. The van der Waals surface area contributed by atoms with E-state index < -0.39 is 5.97 Å². The van der Waals surface area contributed by atoms with Crippen LogP contribution in [0.5, 0.6) is 0 Å². The van der Waals surface area contributed by atoms with E-state index in [-0.39, 0.29) is 12.3 Å². The average Bonchev–Trinajstić information content (AvgIpc) is 2.82. The highest BCUT2D eigenvalue weighted by atomic mass is 79.9. The molecule has 0 unspecified atom stereocenters. The van der Waals surface area contributed by atoms with E-state index in [4.69, 9.17) is 11.6 Å². The number of nitrogens with one attached hydrogen (secondary N) is 1. The number of carbonyl (C=O) groups excluding carboxylic acids is 2. The number of methoxy groups -OCH3 is 1. The number of amides is 1. The molecule has 21 heavy (non-hydrogen) atoms. The Hall–Kier alpha value is -1.37. The van der Waals surface area contributed by atoms with E-state index in [9.17, 15) is 9.59 Å². The van der Waals surface area contributed by atoms with Crippen LogP contribution < -0.4 is 5.32 Å². The maximum atomic E-state index is 12.1. The van der Waals surface area contributed by atoms with Crippen molar-refractivity contribution in [3.63, 3.8) is 0 Å². The molecule has 0 atom stereocenters. The molecule has 0 fully saturated rings. The van der Waals surface area contributed by atoms with E-state index in [1.165, 1.54) is 18.4 Å². The van der Waals surface area contributed by atoms with Crippen LogP contribution in [0.4, 0.5) is 5.69 Å². The minimum atomic E-state index is -0.487. The van der Waals surface area contributed by atoms with Gasteiger partial charge in [0.05, 0.1) is 23.7 Å². The molecule has 0 saturated heterocycles. The number of ether oxygens (including phenoxy) is 1. The lowest BCUT2D eigenvalue weighted by Gasteiger charge is -2.07. The Morgan fingerprint density at radius 3 is 2.76 bits per heavy atom. The Morgan fingerprint density at radius 2 is 2.10 bits per heavy atom. The molecule has 1 aromatic heterocycles. The van der Waals surface area contributed by atoms with Crippen molar-refractivity contribution in [2.75, 3.05) is 12.4 Å². The maximum absolute atomic E-state index is 12.1. The third kappa shape index (κ3) is 3.84. The fourth-order valence-corrected chi connectivity index (χ4v) is 3.40. The summed E-state index contributed by atoms with van der Waals surface area (Å²) in [6.07, 6.45) is 0.128. The monoisotopic (exact) mass is 387 g/mol. The summed E-state index contributed by atoms with van der Waals surface area (Å²) in [4.78, 5) is 24.1. The van der Waals surface area contributed by atoms with E-state index in [1.807, 2.05) is 6.07 Å². The highest BCUT2D eigenvalue weighted by molar-refractivity contribution is 9.10. The van der Waals surface area contributed by atoms with Gasteiger partial charge in [0.2, 0.25) is 5.91 Å². The van der Waals surface area contributed by atoms with Crippen molar-refractivity contribution in [3.05, 3.63) is 49.6 Å². The first kappa shape index (κ1) is 16.0. The summed E-state index contributed by atoms with van der Waals surface area (Å²) < 4.78 is 5.33. The van der Waals surface area contributed by atoms with Gasteiger partial charge in [-0.05, 0) is 27.6 Å². The van der Waals surface area contributed by atoms with Gasteiger partial charge < -0.3 is 10.1 Å². The third-order valence-corrected chi connectivity index (χ3v) is 4.95. The van der Waals surface area contributed by atoms with E-state index in [2.05, 4.69) is 26.0 Å². The first-order chi connectivity index (χ1) is 10.0. The number of thiophene rings is 1. The average molecular weight is 389 g/mol. The van der Waals surface area contributed by atoms with Gasteiger partial charge in [0, 0.05) is 10.4 Å². The molecule has 1 heterocycles. The van der Waals surface area contributed by atoms with Gasteiger partial charge in [-0.1, -0.05) is 29.8 Å². The molecule has 1 aromatic carbocycles. The molecule has 0 aliphatic rings. The van der Waals surface area contributed by atoms with Crippen LogP contribution in [0.2, 0.25) is 5.02 Å². The predicted molar refractivity (Wildman–Crippen MR) is 87.1 cm³/mol. The molecule has 1 N–H and O–H groups in total. The van der Waals surface area contributed by atoms with Crippen LogP contribution in [0.1, 0.15) is 15.2 Å². The van der Waals surface area contributed by atoms with Crippen molar-refractivity contribution >= 4 is 56.4 Å². The van der Waals surface area contributed by atoms with Crippen LogP contribution in [0.15, 0.2) is 34.1 Å². The summed E-state index contributed by atoms with van der Waals surface area (Å²) in [7, 11) is 1.30. The molecule has 110 valence electrons. The van der Waals surface area contributed by atoms with Gasteiger partial charge in [-0.15, -0.1) is 11.3 Å². The number of anilines is 1. The van der Waals surface area contributed by atoms with Gasteiger partial charge in [0.25, 0.3) is 0 Å². The fraction of sp³-hybridized carbons (Fsp3) is 0.143. The summed E-state index contributed by atoms with van der Waals surface area (Å²) in [5, 5.41) is 4.97. The first-order valence-electron chi connectivity index (χ1n) is 5.91. The van der Waals surface area contributed by atoms with Gasteiger partial charge in [0.1, 0.15) is 4.88 Å². The number of benzene rings is 1. The lowest BCUT2D eigenvalue weighted by molar-refractivity contribution is -0.115. The molecule has 0 bridgehead atoms. The molecule has 2 aromatic rings. The van der Waals surface area contributed by atoms with Crippen LogP contribution in [0.25, 0.3) is 0 Å². The molecule has 0 aliphatic carbocycles. The molecule has 0 saturated carbocycles. The van der Waals surface area contributed by atoms with Crippen molar-refractivity contribution in [3.8, 4) is 0 Å². The van der Waals surface area contributed by atoms with Crippen molar-refractivity contribution < 1.29 is 14.3 Å². The van der Waals surface area contributed by atoms with Gasteiger partial charge in [0.15, 0.2) is 0 Å². The Labute approximate surface area is 139 Å². The number of hydrogen-bond acceptors (Lipinski definition) is 4. The van der Waals surface area contributed by atoms with Crippen molar-refractivity contribution in [2.24, 2.45) is 0 Å². The van der Waals surface area contributed by atoms with E-state index in [0.29, 0.717) is 20.1 Å². The second-order valence-electron chi connectivity index (χ2n) is 4.10. The predicted octanol–water partition coefficient (Wildman–Crippen LogP) is 4.13. The van der Waals surface area contributed by atoms with Crippen molar-refractivity contribution in [2.45, 2.75) is 6.42 Å².